The Labute approximate surface area is 83.0 Å². The Hall–Kier alpha value is -1.32. The van der Waals surface area contributed by atoms with Crippen LogP contribution in [0, 0.1) is 0 Å². The van der Waals surface area contributed by atoms with Crippen LogP contribution in [0.4, 0.5) is 0 Å². The fourth-order valence-electron chi connectivity index (χ4n) is 1.90. The average Bonchev–Trinajstić information content (AvgIpc) is 2.27. The Kier molecular flexibility index (Phi) is 2.64. The highest BCUT2D eigenvalue weighted by Gasteiger charge is 2.43. The van der Waals surface area contributed by atoms with Gasteiger partial charge in [0, 0.05) is 19.8 Å². The summed E-state index contributed by atoms with van der Waals surface area (Å²) in [6.07, 6.45) is 0.821. The summed E-state index contributed by atoms with van der Waals surface area (Å²) in [5.41, 5.74) is 1.02. The molecule has 0 fully saturated rings. The fourth-order valence-corrected chi connectivity index (χ4v) is 1.90. The highest BCUT2D eigenvalue weighted by molar-refractivity contribution is 5.87. The van der Waals surface area contributed by atoms with Crippen molar-refractivity contribution in [2.24, 2.45) is 0 Å². The van der Waals surface area contributed by atoms with Crippen LogP contribution in [-0.4, -0.2) is 22.5 Å². The minimum Gasteiger partial charge on any atom is -0.479 e. The van der Waals surface area contributed by atoms with Gasteiger partial charge in [0.25, 0.3) is 0 Å². The van der Waals surface area contributed by atoms with Crippen LogP contribution in [0.15, 0.2) is 11.1 Å². The molecule has 0 spiro atoms. The van der Waals surface area contributed by atoms with Gasteiger partial charge in [-0.3, -0.25) is 4.79 Å². The molecule has 0 unspecified atom stereocenters. The molecular formula is C10H15NO3. The number of aliphatic carboxylic acids is 1. The van der Waals surface area contributed by atoms with Crippen LogP contribution in [0.5, 0.6) is 0 Å². The molecule has 0 saturated carbocycles. The molecule has 1 aliphatic carbocycles. The van der Waals surface area contributed by atoms with Gasteiger partial charge in [0.05, 0.1) is 0 Å². The third kappa shape index (κ3) is 1.78. The lowest BCUT2D eigenvalue weighted by Crippen LogP contribution is -2.52. The number of nitrogens with one attached hydrogen (secondary N) is 1. The first-order valence-corrected chi connectivity index (χ1v) is 4.55. The van der Waals surface area contributed by atoms with E-state index in [1.165, 1.54) is 6.92 Å². The van der Waals surface area contributed by atoms with Crippen molar-refractivity contribution in [2.45, 2.75) is 39.2 Å². The number of rotatable bonds is 2. The number of amides is 1. The number of hydrogen-bond acceptors (Lipinski definition) is 2. The lowest BCUT2D eigenvalue weighted by atomic mass is 9.94. The Morgan fingerprint density at radius 1 is 1.29 bits per heavy atom. The molecular weight excluding hydrogens is 182 g/mol. The molecule has 4 heteroatoms. The summed E-state index contributed by atoms with van der Waals surface area (Å²) in [5.74, 6) is -1.25. The molecule has 0 aliphatic heterocycles. The predicted molar refractivity (Wildman–Crippen MR) is 51.8 cm³/mol. The van der Waals surface area contributed by atoms with E-state index in [-0.39, 0.29) is 5.91 Å². The van der Waals surface area contributed by atoms with Gasteiger partial charge in [-0.25, -0.2) is 4.79 Å². The second kappa shape index (κ2) is 3.44. The number of carbonyl (C=O) groups is 2. The fraction of sp³-hybridized carbons (Fsp3) is 0.600. The number of carboxylic acid groups (broad SMARTS) is 1. The van der Waals surface area contributed by atoms with E-state index in [9.17, 15) is 9.59 Å². The van der Waals surface area contributed by atoms with E-state index in [0.717, 1.165) is 11.1 Å². The van der Waals surface area contributed by atoms with Crippen molar-refractivity contribution >= 4 is 11.9 Å². The summed E-state index contributed by atoms with van der Waals surface area (Å²) in [6.45, 7) is 5.15. The van der Waals surface area contributed by atoms with Gasteiger partial charge in [-0.05, 0) is 13.8 Å². The number of carboxylic acids is 1. The van der Waals surface area contributed by atoms with Crippen LogP contribution in [0.3, 0.4) is 0 Å². The van der Waals surface area contributed by atoms with Crippen LogP contribution in [-0.2, 0) is 9.59 Å². The van der Waals surface area contributed by atoms with Crippen LogP contribution >= 0.6 is 0 Å². The Bertz CT molecular complexity index is 303. The molecule has 0 atom stereocenters. The third-order valence-electron chi connectivity index (χ3n) is 2.69. The Morgan fingerprint density at radius 3 is 2.00 bits per heavy atom. The lowest BCUT2D eigenvalue weighted by molar-refractivity contribution is -0.147. The highest BCUT2D eigenvalue weighted by atomic mass is 16.4. The maximum absolute atomic E-state index is 11.1. The molecule has 2 N–H and O–H groups in total. The molecule has 1 amide bonds. The SMILES string of the molecule is CC(=O)NC1(C(=O)O)CC(C)=C(C)C1. The monoisotopic (exact) mass is 197 g/mol. The molecule has 1 aliphatic rings. The molecule has 0 bridgehead atoms. The van der Waals surface area contributed by atoms with Crippen molar-refractivity contribution in [3.63, 3.8) is 0 Å². The molecule has 0 aromatic carbocycles. The van der Waals surface area contributed by atoms with E-state index in [4.69, 9.17) is 5.11 Å². The molecule has 0 aromatic heterocycles. The van der Waals surface area contributed by atoms with Crippen molar-refractivity contribution < 1.29 is 14.7 Å². The van der Waals surface area contributed by atoms with E-state index in [1.807, 2.05) is 13.8 Å². The summed E-state index contributed by atoms with van der Waals surface area (Å²) >= 11 is 0. The Balaban J connectivity index is 2.90. The van der Waals surface area contributed by atoms with E-state index in [0.29, 0.717) is 12.8 Å². The van der Waals surface area contributed by atoms with Gasteiger partial charge in [-0.15, -0.1) is 0 Å². The molecule has 0 radical (unpaired) electrons. The van der Waals surface area contributed by atoms with Crippen LogP contribution in [0.2, 0.25) is 0 Å². The summed E-state index contributed by atoms with van der Waals surface area (Å²) in [5, 5.41) is 11.6. The summed E-state index contributed by atoms with van der Waals surface area (Å²) in [6, 6.07) is 0. The summed E-state index contributed by atoms with van der Waals surface area (Å²) in [7, 11) is 0. The number of carbonyl (C=O) groups excluding carboxylic acids is 1. The van der Waals surface area contributed by atoms with Gasteiger partial charge >= 0.3 is 5.97 Å². The smallest absolute Gasteiger partial charge is 0.330 e. The molecule has 0 saturated heterocycles. The van der Waals surface area contributed by atoms with Crippen molar-refractivity contribution in [1.82, 2.24) is 5.32 Å². The first kappa shape index (κ1) is 10.8. The van der Waals surface area contributed by atoms with E-state index in [2.05, 4.69) is 5.32 Å². The maximum atomic E-state index is 11.1. The minimum absolute atomic E-state index is 0.296. The second-order valence-electron chi connectivity index (χ2n) is 3.98. The molecule has 0 aromatic rings. The van der Waals surface area contributed by atoms with Gasteiger partial charge < -0.3 is 10.4 Å². The third-order valence-corrected chi connectivity index (χ3v) is 2.69. The quantitative estimate of drug-likeness (QED) is 0.651. The standard InChI is InChI=1S/C10H15NO3/c1-6-4-10(9(13)14,5-7(6)2)11-8(3)12/h4-5H2,1-3H3,(H,11,12)(H,13,14). The van der Waals surface area contributed by atoms with Crippen LogP contribution in [0.25, 0.3) is 0 Å². The van der Waals surface area contributed by atoms with E-state index >= 15 is 0 Å². The van der Waals surface area contributed by atoms with Gasteiger partial charge in [0.15, 0.2) is 0 Å². The zero-order valence-corrected chi connectivity index (χ0v) is 8.68. The normalized spacial score (nSPS) is 19.6. The minimum atomic E-state index is -1.10. The Morgan fingerprint density at radius 2 is 1.71 bits per heavy atom. The van der Waals surface area contributed by atoms with Crippen molar-refractivity contribution in [2.75, 3.05) is 0 Å². The van der Waals surface area contributed by atoms with Crippen molar-refractivity contribution in [3.8, 4) is 0 Å². The zero-order chi connectivity index (χ0) is 10.9. The highest BCUT2D eigenvalue weighted by Crippen LogP contribution is 2.34. The van der Waals surface area contributed by atoms with Gasteiger partial charge in [0.1, 0.15) is 5.54 Å². The molecule has 4 nitrogen and oxygen atoms in total. The van der Waals surface area contributed by atoms with E-state index < -0.39 is 11.5 Å². The molecule has 0 heterocycles. The average molecular weight is 197 g/mol. The number of hydrogen-bond donors (Lipinski definition) is 2. The lowest BCUT2D eigenvalue weighted by Gasteiger charge is -2.25. The first-order chi connectivity index (χ1) is 6.37. The first-order valence-electron chi connectivity index (χ1n) is 4.55. The predicted octanol–water partition coefficient (Wildman–Crippen LogP) is 1.08. The molecule has 1 rings (SSSR count). The van der Waals surface area contributed by atoms with E-state index in [1.54, 1.807) is 0 Å². The topological polar surface area (TPSA) is 66.4 Å². The summed E-state index contributed by atoms with van der Waals surface area (Å²) in [4.78, 5) is 22.0. The van der Waals surface area contributed by atoms with Crippen LogP contribution in [0.1, 0.15) is 33.6 Å². The summed E-state index contributed by atoms with van der Waals surface area (Å²) < 4.78 is 0. The van der Waals surface area contributed by atoms with Gasteiger partial charge in [-0.2, -0.15) is 0 Å². The van der Waals surface area contributed by atoms with Gasteiger partial charge in [0.2, 0.25) is 5.91 Å². The maximum Gasteiger partial charge on any atom is 0.330 e. The van der Waals surface area contributed by atoms with Crippen molar-refractivity contribution in [1.29, 1.82) is 0 Å². The van der Waals surface area contributed by atoms with Crippen LogP contribution < -0.4 is 5.32 Å². The zero-order valence-electron chi connectivity index (χ0n) is 8.68. The van der Waals surface area contributed by atoms with Crippen molar-refractivity contribution in [3.05, 3.63) is 11.1 Å². The largest absolute Gasteiger partial charge is 0.479 e. The molecule has 14 heavy (non-hydrogen) atoms. The molecule has 78 valence electrons. The second-order valence-corrected chi connectivity index (χ2v) is 3.98. The van der Waals surface area contributed by atoms with Gasteiger partial charge in [-0.1, -0.05) is 11.1 Å².